The van der Waals surface area contributed by atoms with E-state index in [9.17, 15) is 13.6 Å². The fourth-order valence-corrected chi connectivity index (χ4v) is 4.84. The van der Waals surface area contributed by atoms with Crippen molar-refractivity contribution in [2.45, 2.75) is 70.3 Å². The van der Waals surface area contributed by atoms with Crippen LogP contribution in [0.3, 0.4) is 0 Å². The summed E-state index contributed by atoms with van der Waals surface area (Å²) >= 11 is 0. The van der Waals surface area contributed by atoms with Crippen LogP contribution in [0.15, 0.2) is 24.8 Å². The van der Waals surface area contributed by atoms with E-state index in [-0.39, 0.29) is 29.3 Å². The molecule has 29 heavy (non-hydrogen) atoms. The summed E-state index contributed by atoms with van der Waals surface area (Å²) in [4.78, 5) is 12.5. The van der Waals surface area contributed by atoms with E-state index in [2.05, 4.69) is 6.58 Å². The van der Waals surface area contributed by atoms with Gasteiger partial charge in [-0.3, -0.25) is 4.79 Å². The van der Waals surface area contributed by atoms with Gasteiger partial charge in [-0.1, -0.05) is 25.0 Å². The molecule has 2 atom stereocenters. The number of rotatable bonds is 8. The van der Waals surface area contributed by atoms with Crippen LogP contribution >= 0.6 is 0 Å². The third-order valence-corrected chi connectivity index (χ3v) is 6.71. The third kappa shape index (κ3) is 5.37. The maximum atomic E-state index is 14.1. The van der Waals surface area contributed by atoms with Gasteiger partial charge in [0.05, 0.1) is 13.0 Å². The van der Waals surface area contributed by atoms with Crippen LogP contribution in [0.5, 0.6) is 5.75 Å². The molecule has 5 heteroatoms. The smallest absolute Gasteiger partial charge is 0.309 e. The van der Waals surface area contributed by atoms with Crippen molar-refractivity contribution in [1.82, 2.24) is 0 Å². The van der Waals surface area contributed by atoms with E-state index in [0.29, 0.717) is 18.8 Å². The minimum atomic E-state index is -0.972. The van der Waals surface area contributed by atoms with Gasteiger partial charge in [-0.05, 0) is 74.8 Å². The SMILES string of the molecule is C=CCCC1CCC(C2CCC(CCc3ccc(OC)c(F)c3F)C(=O)O2)CC1. The molecule has 1 saturated heterocycles. The summed E-state index contributed by atoms with van der Waals surface area (Å²) in [7, 11) is 1.31. The molecule has 3 nitrogen and oxygen atoms in total. The zero-order chi connectivity index (χ0) is 20.8. The summed E-state index contributed by atoms with van der Waals surface area (Å²) in [6.45, 7) is 3.80. The summed E-state index contributed by atoms with van der Waals surface area (Å²) in [6, 6.07) is 2.95. The first-order valence-corrected chi connectivity index (χ1v) is 10.9. The molecule has 1 aliphatic heterocycles. The number of halogens is 2. The molecule has 0 aromatic heterocycles. The first kappa shape index (κ1) is 21.8. The van der Waals surface area contributed by atoms with Gasteiger partial charge in [0.15, 0.2) is 11.6 Å². The normalized spacial score (nSPS) is 27.3. The Balaban J connectivity index is 1.47. The van der Waals surface area contributed by atoms with Gasteiger partial charge in [0.1, 0.15) is 6.10 Å². The van der Waals surface area contributed by atoms with E-state index in [4.69, 9.17) is 9.47 Å². The zero-order valence-electron chi connectivity index (χ0n) is 17.3. The summed E-state index contributed by atoms with van der Waals surface area (Å²) < 4.78 is 38.6. The van der Waals surface area contributed by atoms with Crippen molar-refractivity contribution in [3.05, 3.63) is 42.0 Å². The van der Waals surface area contributed by atoms with Crippen molar-refractivity contribution in [2.75, 3.05) is 7.11 Å². The van der Waals surface area contributed by atoms with E-state index < -0.39 is 11.6 Å². The average Bonchev–Trinajstić information content (AvgIpc) is 2.74. The molecule has 0 radical (unpaired) electrons. The number of cyclic esters (lactones) is 1. The molecule has 2 aliphatic rings. The first-order chi connectivity index (χ1) is 14.0. The number of esters is 1. The van der Waals surface area contributed by atoms with Gasteiger partial charge in [0.25, 0.3) is 0 Å². The lowest BCUT2D eigenvalue weighted by molar-refractivity contribution is -0.165. The standard InChI is InChI=1S/C24H32F2O3/c1-3-4-5-16-6-8-17(9-7-16)20-14-13-19(24(27)29-20)11-10-18-12-15-21(28-2)23(26)22(18)25/h3,12,15-17,19-20H,1,4-11,13-14H2,2H3. The molecule has 160 valence electrons. The first-order valence-electron chi connectivity index (χ1n) is 10.9. The van der Waals surface area contributed by atoms with Crippen molar-refractivity contribution in [2.24, 2.45) is 17.8 Å². The van der Waals surface area contributed by atoms with Crippen LogP contribution in [0.25, 0.3) is 0 Å². The number of allylic oxidation sites excluding steroid dienone is 1. The molecular weight excluding hydrogens is 374 g/mol. The Morgan fingerprint density at radius 1 is 1.10 bits per heavy atom. The summed E-state index contributed by atoms with van der Waals surface area (Å²) in [6.07, 6.45) is 11.4. The lowest BCUT2D eigenvalue weighted by atomic mass is 9.75. The van der Waals surface area contributed by atoms with Crippen LogP contribution in [-0.2, 0) is 16.0 Å². The molecule has 1 aromatic rings. The Hall–Kier alpha value is -1.91. The number of benzene rings is 1. The Kier molecular flexibility index (Phi) is 7.68. The molecule has 0 bridgehead atoms. The topological polar surface area (TPSA) is 35.5 Å². The Labute approximate surface area is 172 Å². The largest absolute Gasteiger partial charge is 0.494 e. The van der Waals surface area contributed by atoms with Crippen molar-refractivity contribution in [3.63, 3.8) is 0 Å². The highest BCUT2D eigenvalue weighted by molar-refractivity contribution is 5.73. The van der Waals surface area contributed by atoms with Crippen LogP contribution < -0.4 is 4.74 Å². The monoisotopic (exact) mass is 406 g/mol. The Morgan fingerprint density at radius 2 is 1.86 bits per heavy atom. The van der Waals surface area contributed by atoms with E-state index in [1.54, 1.807) is 0 Å². The molecule has 0 amide bonds. The average molecular weight is 407 g/mol. The molecule has 0 N–H and O–H groups in total. The fourth-order valence-electron chi connectivity index (χ4n) is 4.84. The summed E-state index contributed by atoms with van der Waals surface area (Å²) in [5.74, 6) is -1.14. The van der Waals surface area contributed by atoms with Crippen LogP contribution in [0.2, 0.25) is 0 Å². The number of aryl methyl sites for hydroxylation is 1. The summed E-state index contributed by atoms with van der Waals surface area (Å²) in [5.41, 5.74) is 0.274. The molecule has 2 fully saturated rings. The van der Waals surface area contributed by atoms with Crippen LogP contribution in [0.4, 0.5) is 8.78 Å². The van der Waals surface area contributed by atoms with Gasteiger partial charge in [-0.25, -0.2) is 4.39 Å². The van der Waals surface area contributed by atoms with E-state index >= 15 is 0 Å². The molecule has 1 heterocycles. The highest BCUT2D eigenvalue weighted by atomic mass is 19.2. The van der Waals surface area contributed by atoms with Gasteiger partial charge < -0.3 is 9.47 Å². The van der Waals surface area contributed by atoms with Crippen LogP contribution in [0.1, 0.15) is 63.4 Å². The van der Waals surface area contributed by atoms with Crippen molar-refractivity contribution in [1.29, 1.82) is 0 Å². The second kappa shape index (κ2) is 10.2. The number of carbonyl (C=O) groups excluding carboxylic acids is 1. The number of hydrogen-bond acceptors (Lipinski definition) is 3. The third-order valence-electron chi connectivity index (χ3n) is 6.71. The van der Waals surface area contributed by atoms with Crippen molar-refractivity contribution >= 4 is 5.97 Å². The van der Waals surface area contributed by atoms with Gasteiger partial charge >= 0.3 is 5.97 Å². The van der Waals surface area contributed by atoms with E-state index in [1.807, 2.05) is 6.08 Å². The lowest BCUT2D eigenvalue weighted by Crippen LogP contribution is -2.37. The Bertz CT molecular complexity index is 710. The van der Waals surface area contributed by atoms with Gasteiger partial charge in [0, 0.05) is 0 Å². The number of carbonyl (C=O) groups is 1. The van der Waals surface area contributed by atoms with Crippen LogP contribution in [-0.4, -0.2) is 19.2 Å². The van der Waals surface area contributed by atoms with Crippen LogP contribution in [0, 0.1) is 29.4 Å². The molecular formula is C24H32F2O3. The zero-order valence-corrected chi connectivity index (χ0v) is 17.3. The van der Waals surface area contributed by atoms with Gasteiger partial charge in [-0.15, -0.1) is 6.58 Å². The maximum absolute atomic E-state index is 14.1. The molecule has 1 aromatic carbocycles. The second-order valence-electron chi connectivity index (χ2n) is 8.49. The number of hydrogen-bond donors (Lipinski definition) is 0. The molecule has 1 aliphatic carbocycles. The molecule has 2 unspecified atom stereocenters. The predicted molar refractivity (Wildman–Crippen MR) is 109 cm³/mol. The molecule has 0 spiro atoms. The van der Waals surface area contributed by atoms with E-state index in [1.165, 1.54) is 38.5 Å². The van der Waals surface area contributed by atoms with E-state index in [0.717, 1.165) is 38.0 Å². The maximum Gasteiger partial charge on any atom is 0.309 e. The predicted octanol–water partition coefficient (Wildman–Crippen LogP) is 6.00. The quantitative estimate of drug-likeness (QED) is 0.392. The second-order valence-corrected chi connectivity index (χ2v) is 8.49. The number of methoxy groups -OCH3 is 1. The Morgan fingerprint density at radius 3 is 2.52 bits per heavy atom. The highest BCUT2D eigenvalue weighted by Crippen LogP contribution is 2.38. The number of ether oxygens (including phenoxy) is 2. The minimum Gasteiger partial charge on any atom is -0.494 e. The minimum absolute atomic E-state index is 0.0225. The van der Waals surface area contributed by atoms with Gasteiger partial charge in [-0.2, -0.15) is 4.39 Å². The molecule has 1 saturated carbocycles. The highest BCUT2D eigenvalue weighted by Gasteiger charge is 2.36. The summed E-state index contributed by atoms with van der Waals surface area (Å²) in [5, 5.41) is 0. The molecule has 3 rings (SSSR count). The van der Waals surface area contributed by atoms with Crippen molar-refractivity contribution in [3.8, 4) is 5.75 Å². The van der Waals surface area contributed by atoms with Crippen molar-refractivity contribution < 1.29 is 23.0 Å². The van der Waals surface area contributed by atoms with Gasteiger partial charge in [0.2, 0.25) is 5.82 Å². The lowest BCUT2D eigenvalue weighted by Gasteiger charge is -2.37. The fraction of sp³-hybridized carbons (Fsp3) is 0.625.